The van der Waals surface area contributed by atoms with Gasteiger partial charge in [0.15, 0.2) is 0 Å². The molecule has 1 unspecified atom stereocenters. The fourth-order valence-electron chi connectivity index (χ4n) is 3.52. The van der Waals surface area contributed by atoms with Gasteiger partial charge < -0.3 is 19.9 Å². The van der Waals surface area contributed by atoms with Gasteiger partial charge in [-0.25, -0.2) is 14.8 Å². The van der Waals surface area contributed by atoms with Crippen LogP contribution in [0.25, 0.3) is 0 Å². The minimum Gasteiger partial charge on any atom is -0.410 e. The zero-order chi connectivity index (χ0) is 21.1. The molecule has 3 heterocycles. The van der Waals surface area contributed by atoms with Crippen molar-refractivity contribution in [2.75, 3.05) is 31.1 Å². The highest BCUT2D eigenvalue weighted by atomic mass is 35.5. The van der Waals surface area contributed by atoms with Gasteiger partial charge >= 0.3 is 6.09 Å². The molecule has 0 radical (unpaired) electrons. The summed E-state index contributed by atoms with van der Waals surface area (Å²) in [4.78, 5) is 37.6. The van der Waals surface area contributed by atoms with Crippen molar-refractivity contribution in [2.24, 2.45) is 0 Å². The lowest BCUT2D eigenvalue weighted by Crippen LogP contribution is -2.54. The molecule has 1 aromatic carbocycles. The van der Waals surface area contributed by atoms with E-state index in [1.165, 1.54) is 5.56 Å². The molecule has 0 saturated carbocycles. The first kappa shape index (κ1) is 20.7. The molecule has 30 heavy (non-hydrogen) atoms. The number of hydrogen-bond acceptors (Lipinski definition) is 7. The Morgan fingerprint density at radius 1 is 1.13 bits per heavy atom. The zero-order valence-electron chi connectivity index (χ0n) is 16.5. The van der Waals surface area contributed by atoms with Gasteiger partial charge in [-0.3, -0.25) is 4.79 Å². The molecule has 10 heteroatoms. The van der Waals surface area contributed by atoms with Crippen molar-refractivity contribution in [3.05, 3.63) is 46.9 Å². The van der Waals surface area contributed by atoms with Crippen LogP contribution in [0, 0.1) is 0 Å². The molecule has 2 aliphatic rings. The number of piperazine rings is 1. The number of rotatable bonds is 4. The number of halogens is 1. The van der Waals surface area contributed by atoms with Gasteiger partial charge in [-0.1, -0.05) is 11.6 Å². The van der Waals surface area contributed by atoms with Crippen molar-refractivity contribution < 1.29 is 14.3 Å². The number of anilines is 1. The molecule has 0 spiro atoms. The molecule has 2 aromatic rings. The maximum atomic E-state index is 12.8. The van der Waals surface area contributed by atoms with Gasteiger partial charge in [0.05, 0.1) is 5.69 Å². The second-order valence-electron chi connectivity index (χ2n) is 7.14. The SMILES string of the molecule is CC(NC(=O)Oc1ccc(Cl)cc1)C(=O)N1CCN(c2ncnc3c2CSC3)CC1. The van der Waals surface area contributed by atoms with Crippen LogP contribution in [-0.4, -0.2) is 59.1 Å². The number of ether oxygens (including phenoxy) is 1. The molecule has 158 valence electrons. The predicted octanol–water partition coefficient (Wildman–Crippen LogP) is 2.70. The summed E-state index contributed by atoms with van der Waals surface area (Å²) in [6, 6.07) is 5.76. The Labute approximate surface area is 183 Å². The number of carbonyl (C=O) groups excluding carboxylic acids is 2. The Bertz CT molecular complexity index is 935. The van der Waals surface area contributed by atoms with E-state index in [9.17, 15) is 9.59 Å². The van der Waals surface area contributed by atoms with Crippen molar-refractivity contribution >= 4 is 41.2 Å². The van der Waals surface area contributed by atoms with Crippen molar-refractivity contribution in [3.8, 4) is 5.75 Å². The molecule has 1 atom stereocenters. The largest absolute Gasteiger partial charge is 0.413 e. The fraction of sp³-hybridized carbons (Fsp3) is 0.400. The molecule has 1 saturated heterocycles. The van der Waals surface area contributed by atoms with E-state index in [2.05, 4.69) is 20.2 Å². The van der Waals surface area contributed by atoms with E-state index in [1.807, 2.05) is 11.8 Å². The van der Waals surface area contributed by atoms with Crippen molar-refractivity contribution in [1.82, 2.24) is 20.2 Å². The van der Waals surface area contributed by atoms with E-state index in [4.69, 9.17) is 16.3 Å². The minimum atomic E-state index is -0.684. The van der Waals surface area contributed by atoms with Crippen molar-refractivity contribution in [3.63, 3.8) is 0 Å². The van der Waals surface area contributed by atoms with Crippen molar-refractivity contribution in [1.29, 1.82) is 0 Å². The molecule has 2 aliphatic heterocycles. The number of thioether (sulfide) groups is 1. The Balaban J connectivity index is 1.29. The summed E-state index contributed by atoms with van der Waals surface area (Å²) in [5.74, 6) is 3.07. The monoisotopic (exact) mass is 447 g/mol. The quantitative estimate of drug-likeness (QED) is 0.770. The Hall–Kier alpha value is -2.52. The molecule has 8 nitrogen and oxygen atoms in total. The third-order valence-corrected chi connectivity index (χ3v) is 6.34. The van der Waals surface area contributed by atoms with E-state index in [0.717, 1.165) is 23.0 Å². The highest BCUT2D eigenvalue weighted by Gasteiger charge is 2.29. The average Bonchev–Trinajstić information content (AvgIpc) is 3.24. The lowest BCUT2D eigenvalue weighted by molar-refractivity contribution is -0.133. The van der Waals surface area contributed by atoms with E-state index in [1.54, 1.807) is 42.4 Å². The van der Waals surface area contributed by atoms with Crippen LogP contribution >= 0.6 is 23.4 Å². The summed E-state index contributed by atoms with van der Waals surface area (Å²) < 4.78 is 5.19. The molecule has 0 bridgehead atoms. The van der Waals surface area contributed by atoms with Crippen LogP contribution in [-0.2, 0) is 16.3 Å². The molecule has 2 amide bonds. The molecular formula is C20H22ClN5O3S. The van der Waals surface area contributed by atoms with Crippen LogP contribution in [0.4, 0.5) is 10.6 Å². The van der Waals surface area contributed by atoms with Gasteiger partial charge in [0.2, 0.25) is 5.91 Å². The fourth-order valence-corrected chi connectivity index (χ4v) is 4.69. The third-order valence-electron chi connectivity index (χ3n) is 5.12. The van der Waals surface area contributed by atoms with Crippen LogP contribution in [0.15, 0.2) is 30.6 Å². The summed E-state index contributed by atoms with van der Waals surface area (Å²) >= 11 is 7.66. The second kappa shape index (κ2) is 9.09. The third kappa shape index (κ3) is 4.62. The summed E-state index contributed by atoms with van der Waals surface area (Å²) in [7, 11) is 0. The summed E-state index contributed by atoms with van der Waals surface area (Å²) in [5.41, 5.74) is 2.32. The van der Waals surface area contributed by atoms with Gasteiger partial charge in [-0.2, -0.15) is 11.8 Å². The highest BCUT2D eigenvalue weighted by molar-refractivity contribution is 7.98. The van der Waals surface area contributed by atoms with Crippen LogP contribution in [0.3, 0.4) is 0 Å². The topological polar surface area (TPSA) is 87.7 Å². The van der Waals surface area contributed by atoms with Crippen LogP contribution in [0.5, 0.6) is 5.75 Å². The number of fused-ring (bicyclic) bond motifs is 1. The molecule has 1 aromatic heterocycles. The Kier molecular flexibility index (Phi) is 6.29. The standard InChI is InChI=1S/C20H22ClN5O3S/c1-13(24-20(28)29-15-4-2-14(21)3-5-15)19(27)26-8-6-25(7-9-26)18-16-10-30-11-17(16)22-12-23-18/h2-5,12-13H,6-11H2,1H3,(H,24,28). The lowest BCUT2D eigenvalue weighted by atomic mass is 10.2. The first-order chi connectivity index (χ1) is 14.5. The molecule has 1 N–H and O–H groups in total. The van der Waals surface area contributed by atoms with Gasteiger partial charge in [-0.15, -0.1) is 0 Å². The second-order valence-corrected chi connectivity index (χ2v) is 8.56. The number of hydrogen-bond donors (Lipinski definition) is 1. The van der Waals surface area contributed by atoms with E-state index in [0.29, 0.717) is 37.0 Å². The van der Waals surface area contributed by atoms with Crippen LogP contribution in [0.2, 0.25) is 5.02 Å². The first-order valence-electron chi connectivity index (χ1n) is 9.69. The van der Waals surface area contributed by atoms with Gasteiger partial charge in [0, 0.05) is 48.3 Å². The van der Waals surface area contributed by atoms with Crippen LogP contribution in [0.1, 0.15) is 18.2 Å². The number of aromatic nitrogens is 2. The first-order valence-corrected chi connectivity index (χ1v) is 11.2. The average molecular weight is 448 g/mol. The smallest absolute Gasteiger partial charge is 0.410 e. The lowest BCUT2D eigenvalue weighted by Gasteiger charge is -2.37. The number of benzene rings is 1. The summed E-state index contributed by atoms with van der Waals surface area (Å²) in [6.07, 6.45) is 0.946. The number of nitrogens with one attached hydrogen (secondary N) is 1. The van der Waals surface area contributed by atoms with Gasteiger partial charge in [0.25, 0.3) is 0 Å². The summed E-state index contributed by atoms with van der Waals surface area (Å²) in [5, 5.41) is 3.15. The van der Waals surface area contributed by atoms with E-state index < -0.39 is 12.1 Å². The van der Waals surface area contributed by atoms with Gasteiger partial charge in [-0.05, 0) is 31.2 Å². The molecule has 1 fully saturated rings. The zero-order valence-corrected chi connectivity index (χ0v) is 18.1. The van der Waals surface area contributed by atoms with E-state index >= 15 is 0 Å². The normalized spacial score (nSPS) is 16.7. The van der Waals surface area contributed by atoms with E-state index in [-0.39, 0.29) is 5.91 Å². The predicted molar refractivity (Wildman–Crippen MR) is 116 cm³/mol. The van der Waals surface area contributed by atoms with Crippen LogP contribution < -0.4 is 15.0 Å². The maximum absolute atomic E-state index is 12.8. The Morgan fingerprint density at radius 3 is 2.60 bits per heavy atom. The number of amides is 2. The minimum absolute atomic E-state index is 0.133. The molecule has 4 rings (SSSR count). The van der Waals surface area contributed by atoms with Crippen molar-refractivity contribution in [2.45, 2.75) is 24.5 Å². The van der Waals surface area contributed by atoms with Gasteiger partial charge in [0.1, 0.15) is 23.9 Å². The highest BCUT2D eigenvalue weighted by Crippen LogP contribution is 2.34. The Morgan fingerprint density at radius 2 is 1.87 bits per heavy atom. The summed E-state index contributed by atoms with van der Waals surface area (Å²) in [6.45, 7) is 4.20. The molecule has 0 aliphatic carbocycles. The number of carbonyl (C=O) groups is 2. The maximum Gasteiger partial charge on any atom is 0.413 e. The number of nitrogens with zero attached hydrogens (tertiary/aromatic N) is 4. The molecular weight excluding hydrogens is 426 g/mol.